The van der Waals surface area contributed by atoms with E-state index in [4.69, 9.17) is 19.3 Å². The van der Waals surface area contributed by atoms with Gasteiger partial charge in [0.1, 0.15) is 30.2 Å². The summed E-state index contributed by atoms with van der Waals surface area (Å²) < 4.78 is 23.9. The van der Waals surface area contributed by atoms with Crippen molar-refractivity contribution in [2.45, 2.75) is 31.3 Å². The van der Waals surface area contributed by atoms with Crippen LogP contribution < -0.4 is 19.1 Å². The molecular formula is C26H27Br3N2O10. The Morgan fingerprint density at radius 2 is 1.37 bits per heavy atom. The fraction of sp³-hybridized carbons (Fsp3) is 0.346. The number of halogens is 3. The Morgan fingerprint density at radius 1 is 0.854 bits per heavy atom. The van der Waals surface area contributed by atoms with Crippen LogP contribution in [0.3, 0.4) is 0 Å². The summed E-state index contributed by atoms with van der Waals surface area (Å²) in [7, 11) is 0. The van der Waals surface area contributed by atoms with Gasteiger partial charge in [0.05, 0.1) is 19.6 Å². The predicted octanol–water partition coefficient (Wildman–Crippen LogP) is 3.33. The second-order valence-corrected chi connectivity index (χ2v) is 10.6. The maximum Gasteiger partial charge on any atom is 0.341 e. The van der Waals surface area contributed by atoms with Crippen molar-refractivity contribution in [3.8, 4) is 11.5 Å². The molecule has 2 aromatic carbocycles. The first kappa shape index (κ1) is 34.2. The first-order valence-electron chi connectivity index (χ1n) is 12.1. The minimum atomic E-state index is -0.977. The van der Waals surface area contributed by atoms with E-state index in [9.17, 15) is 24.0 Å². The van der Waals surface area contributed by atoms with E-state index in [2.05, 4.69) is 62.4 Å². The van der Waals surface area contributed by atoms with Crippen molar-refractivity contribution >= 4 is 77.6 Å². The van der Waals surface area contributed by atoms with E-state index in [0.29, 0.717) is 31.1 Å². The molecule has 2 aliphatic rings. The number of hydrogen-bond acceptors (Lipinski definition) is 10. The summed E-state index contributed by atoms with van der Waals surface area (Å²) in [5, 5.41) is 10.8. The number of Topliss-reactive ketones (excluding diaryl/α,β-unsaturated/α-hetero) is 1. The molecule has 2 atom stereocenters. The van der Waals surface area contributed by atoms with Gasteiger partial charge >= 0.3 is 17.9 Å². The number of benzene rings is 2. The highest BCUT2D eigenvalue weighted by molar-refractivity contribution is 9.10. The molecule has 3 N–H and O–H groups in total. The van der Waals surface area contributed by atoms with Crippen LogP contribution in [0.15, 0.2) is 57.5 Å². The fourth-order valence-electron chi connectivity index (χ4n) is 3.12. The van der Waals surface area contributed by atoms with E-state index < -0.39 is 23.9 Å². The van der Waals surface area contributed by atoms with Gasteiger partial charge in [-0.05, 0) is 36.4 Å². The molecule has 2 aromatic rings. The van der Waals surface area contributed by atoms with Gasteiger partial charge in [0.25, 0.3) is 0 Å². The number of carboxylic acid groups (broad SMARTS) is 1. The molecule has 0 unspecified atom stereocenters. The molecule has 0 saturated carbocycles. The molecule has 12 nitrogen and oxygen atoms in total. The second kappa shape index (κ2) is 18.4. The van der Waals surface area contributed by atoms with Crippen LogP contribution in [0.5, 0.6) is 11.5 Å². The van der Waals surface area contributed by atoms with Crippen LogP contribution in [0.1, 0.15) is 19.3 Å². The van der Waals surface area contributed by atoms with E-state index >= 15 is 0 Å². The number of hydrogen-bond donors (Lipinski definition) is 3. The van der Waals surface area contributed by atoms with Crippen molar-refractivity contribution in [1.29, 1.82) is 0 Å². The molecule has 15 heteroatoms. The Hall–Kier alpha value is -3.01. The molecule has 222 valence electrons. The number of aliphatic carboxylic acids is 1. The fourth-order valence-corrected chi connectivity index (χ4v) is 4.29. The van der Waals surface area contributed by atoms with E-state index in [1.54, 1.807) is 36.4 Å². The largest absolute Gasteiger partial charge is 0.486 e. The first-order valence-corrected chi connectivity index (χ1v) is 14.4. The highest BCUT2D eigenvalue weighted by Gasteiger charge is 2.28. The van der Waals surface area contributed by atoms with Crippen LogP contribution in [0.2, 0.25) is 0 Å². The molecule has 2 heterocycles. The molecule has 2 fully saturated rings. The van der Waals surface area contributed by atoms with Gasteiger partial charge in [-0.1, -0.05) is 44.0 Å². The van der Waals surface area contributed by atoms with Crippen molar-refractivity contribution in [2.24, 2.45) is 0 Å². The number of carboxylic acids is 1. The zero-order valence-corrected chi connectivity index (χ0v) is 26.2. The highest BCUT2D eigenvalue weighted by Crippen LogP contribution is 2.18. The Balaban J connectivity index is 0.000000246. The molecule has 2 aliphatic heterocycles. The third-order valence-electron chi connectivity index (χ3n) is 5.05. The first-order chi connectivity index (χ1) is 19.6. The number of carbonyl (C=O) groups excluding carboxylic acids is 4. The van der Waals surface area contributed by atoms with Crippen LogP contribution >= 0.6 is 48.0 Å². The number of amides is 1. The molecule has 0 bridgehead atoms. The SMILES string of the molecule is O=C(COc1cccc(Br)c1)CC(=O)N[C@H]1CCOC1=O.O=C(O)COc1cccc(Br)c1.O=C1OCC[C@@H]1NBr. The zero-order chi connectivity index (χ0) is 30.2. The topological polar surface area (TPSA) is 167 Å². The Morgan fingerprint density at radius 3 is 1.78 bits per heavy atom. The number of esters is 2. The molecule has 1 amide bonds. The zero-order valence-electron chi connectivity index (χ0n) is 21.5. The van der Waals surface area contributed by atoms with Crippen molar-refractivity contribution in [3.63, 3.8) is 0 Å². The van der Waals surface area contributed by atoms with Crippen LogP contribution in [0.25, 0.3) is 0 Å². The third-order valence-corrected chi connectivity index (χ3v) is 6.59. The van der Waals surface area contributed by atoms with Crippen molar-refractivity contribution in [3.05, 3.63) is 57.5 Å². The van der Waals surface area contributed by atoms with Crippen LogP contribution in [-0.2, 0) is 33.4 Å². The standard InChI is InChI=1S/C14H14BrNO5.C8H7BrO3.C4H6BrNO2/c15-9-2-1-3-11(6-9)21-8-10(17)7-13(18)16-12-4-5-20-14(12)19;9-6-2-1-3-7(4-6)12-5-8(10)11;5-6-3-1-2-8-4(3)7/h1-3,6,12H,4-5,7-8H2,(H,16,18);1-4H,5H2,(H,10,11);3,6H,1-2H2/t12-;;3-/m0.0/s1. The number of ether oxygens (including phenoxy) is 4. The summed E-state index contributed by atoms with van der Waals surface area (Å²) >= 11 is 9.50. The summed E-state index contributed by atoms with van der Waals surface area (Å²) in [6.07, 6.45) is 0.884. The van der Waals surface area contributed by atoms with Gasteiger partial charge < -0.3 is 29.4 Å². The summed E-state index contributed by atoms with van der Waals surface area (Å²) in [5.74, 6) is -1.37. The van der Waals surface area contributed by atoms with E-state index in [1.165, 1.54) is 0 Å². The van der Waals surface area contributed by atoms with Gasteiger partial charge in [-0.3, -0.25) is 14.4 Å². The second-order valence-electron chi connectivity index (χ2n) is 8.30. The van der Waals surface area contributed by atoms with Gasteiger partial charge in [0, 0.05) is 37.9 Å². The Kier molecular flexibility index (Phi) is 15.4. The van der Waals surface area contributed by atoms with E-state index in [-0.39, 0.29) is 37.4 Å². The lowest BCUT2D eigenvalue weighted by atomic mass is 10.2. The predicted molar refractivity (Wildman–Crippen MR) is 155 cm³/mol. The van der Waals surface area contributed by atoms with Crippen LogP contribution in [0.4, 0.5) is 0 Å². The van der Waals surface area contributed by atoms with Gasteiger partial charge in [-0.25, -0.2) is 13.9 Å². The van der Waals surface area contributed by atoms with Gasteiger partial charge in [0.2, 0.25) is 5.91 Å². The molecule has 4 rings (SSSR count). The summed E-state index contributed by atoms with van der Waals surface area (Å²) in [6, 6.07) is 13.3. The number of carbonyl (C=O) groups is 5. The maximum absolute atomic E-state index is 11.7. The smallest absolute Gasteiger partial charge is 0.341 e. The van der Waals surface area contributed by atoms with E-state index in [0.717, 1.165) is 15.4 Å². The minimum absolute atomic E-state index is 0.130. The Bertz CT molecular complexity index is 1210. The molecule has 0 radical (unpaired) electrons. The van der Waals surface area contributed by atoms with Gasteiger partial charge in [-0.2, -0.15) is 0 Å². The Labute approximate surface area is 261 Å². The van der Waals surface area contributed by atoms with Crippen molar-refractivity contribution in [1.82, 2.24) is 9.66 Å². The molecular weight excluding hydrogens is 740 g/mol. The normalized spacial score (nSPS) is 17.0. The number of nitrogens with one attached hydrogen (secondary N) is 2. The van der Waals surface area contributed by atoms with Crippen LogP contribution in [-0.4, -0.2) is 73.2 Å². The summed E-state index contributed by atoms with van der Waals surface area (Å²) in [6.45, 7) is 0.335. The minimum Gasteiger partial charge on any atom is -0.486 e. The lowest BCUT2D eigenvalue weighted by Gasteiger charge is -2.09. The number of rotatable bonds is 10. The molecule has 2 saturated heterocycles. The quantitative estimate of drug-likeness (QED) is 0.185. The molecule has 0 aliphatic carbocycles. The highest BCUT2D eigenvalue weighted by atomic mass is 79.9. The van der Waals surface area contributed by atoms with Crippen molar-refractivity contribution < 1.29 is 48.0 Å². The maximum atomic E-state index is 11.7. The monoisotopic (exact) mass is 764 g/mol. The van der Waals surface area contributed by atoms with Crippen LogP contribution in [0, 0.1) is 0 Å². The molecule has 0 spiro atoms. The summed E-state index contributed by atoms with van der Waals surface area (Å²) in [5.41, 5.74) is 0. The molecule has 0 aromatic heterocycles. The average molecular weight is 767 g/mol. The molecule has 41 heavy (non-hydrogen) atoms. The lowest BCUT2D eigenvalue weighted by molar-refractivity contribution is -0.142. The number of cyclic esters (lactones) is 2. The van der Waals surface area contributed by atoms with Gasteiger partial charge in [-0.15, -0.1) is 0 Å². The van der Waals surface area contributed by atoms with Gasteiger partial charge in [0.15, 0.2) is 12.4 Å². The third kappa shape index (κ3) is 13.9. The van der Waals surface area contributed by atoms with Crippen molar-refractivity contribution in [2.75, 3.05) is 26.4 Å². The lowest BCUT2D eigenvalue weighted by Crippen LogP contribution is -2.39. The number of ketones is 1. The summed E-state index contributed by atoms with van der Waals surface area (Å²) in [4.78, 5) is 55.1. The average Bonchev–Trinajstić information content (AvgIpc) is 3.54. The van der Waals surface area contributed by atoms with E-state index in [1.807, 2.05) is 12.1 Å².